The highest BCUT2D eigenvalue weighted by atomic mass is 32.1. The first kappa shape index (κ1) is 11.9. The summed E-state index contributed by atoms with van der Waals surface area (Å²) in [6.07, 6.45) is 5.88. The molecule has 0 aliphatic rings. The second-order valence-electron chi connectivity index (χ2n) is 4.23. The third-order valence-electron chi connectivity index (χ3n) is 2.90. The fraction of sp³-hybridized carbons (Fsp3) is 0.250. The van der Waals surface area contributed by atoms with Crippen LogP contribution in [0.1, 0.15) is 11.3 Å². The van der Waals surface area contributed by atoms with E-state index in [0.717, 1.165) is 23.5 Å². The van der Waals surface area contributed by atoms with Crippen molar-refractivity contribution in [2.24, 2.45) is 5.84 Å². The van der Waals surface area contributed by atoms with Gasteiger partial charge >= 0.3 is 0 Å². The van der Waals surface area contributed by atoms with E-state index in [2.05, 4.69) is 37.8 Å². The summed E-state index contributed by atoms with van der Waals surface area (Å²) in [5.74, 6) is 5.63. The monoisotopic (exact) mass is 278 g/mol. The first-order valence-electron chi connectivity index (χ1n) is 5.73. The van der Waals surface area contributed by atoms with E-state index in [1.54, 1.807) is 22.7 Å². The summed E-state index contributed by atoms with van der Waals surface area (Å²) in [5, 5.41) is 6.29. The van der Waals surface area contributed by atoms with Crippen LogP contribution >= 0.6 is 22.7 Å². The molecule has 3 rings (SSSR count). The van der Waals surface area contributed by atoms with E-state index in [1.165, 1.54) is 5.56 Å². The largest absolute Gasteiger partial charge is 0.297 e. The summed E-state index contributed by atoms with van der Waals surface area (Å²) >= 11 is 3.37. The maximum Gasteiger partial charge on any atom is 0.193 e. The average molecular weight is 278 g/mol. The van der Waals surface area contributed by atoms with E-state index in [1.807, 2.05) is 11.6 Å². The molecule has 0 spiro atoms. The van der Waals surface area contributed by atoms with Gasteiger partial charge in [-0.05, 0) is 28.8 Å². The number of thiophene rings is 1. The lowest BCUT2D eigenvalue weighted by Crippen LogP contribution is -2.38. The molecule has 0 fully saturated rings. The average Bonchev–Trinajstić information content (AvgIpc) is 3.03. The van der Waals surface area contributed by atoms with Gasteiger partial charge in [-0.25, -0.2) is 4.98 Å². The van der Waals surface area contributed by atoms with Crippen LogP contribution in [0.2, 0.25) is 0 Å². The number of aromatic nitrogens is 2. The molecule has 0 saturated carbocycles. The molecule has 0 radical (unpaired) electrons. The Hall–Kier alpha value is -1.21. The lowest BCUT2D eigenvalue weighted by molar-refractivity contribution is 0.519. The molecule has 3 N–H and O–H groups in total. The number of hydrazine groups is 1. The first-order valence-corrected chi connectivity index (χ1v) is 7.55. The minimum atomic E-state index is 0.226. The van der Waals surface area contributed by atoms with Gasteiger partial charge in [-0.3, -0.25) is 15.7 Å². The fourth-order valence-corrected chi connectivity index (χ4v) is 3.41. The van der Waals surface area contributed by atoms with Crippen molar-refractivity contribution in [1.29, 1.82) is 0 Å². The quantitative estimate of drug-likeness (QED) is 0.555. The Morgan fingerprint density at radius 1 is 1.39 bits per heavy atom. The van der Waals surface area contributed by atoms with Gasteiger partial charge in [-0.15, -0.1) is 11.3 Å². The van der Waals surface area contributed by atoms with Crippen molar-refractivity contribution < 1.29 is 0 Å². The molecule has 18 heavy (non-hydrogen) atoms. The summed E-state index contributed by atoms with van der Waals surface area (Å²) in [6.45, 7) is 0. The zero-order valence-electron chi connectivity index (χ0n) is 9.74. The highest BCUT2D eigenvalue weighted by Gasteiger charge is 2.12. The molecular formula is C12H14N4S2. The van der Waals surface area contributed by atoms with Gasteiger partial charge in [0.25, 0.3) is 0 Å². The second kappa shape index (κ2) is 5.19. The zero-order valence-corrected chi connectivity index (χ0v) is 11.4. The number of rotatable bonds is 5. The number of fused-ring (bicyclic) bond motifs is 1. The maximum absolute atomic E-state index is 5.63. The van der Waals surface area contributed by atoms with Gasteiger partial charge in [0.15, 0.2) is 4.96 Å². The smallest absolute Gasteiger partial charge is 0.193 e. The Kier molecular flexibility index (Phi) is 3.42. The number of hydrogen-bond acceptors (Lipinski definition) is 5. The summed E-state index contributed by atoms with van der Waals surface area (Å²) < 4.78 is 2.05. The van der Waals surface area contributed by atoms with Gasteiger partial charge in [0, 0.05) is 30.2 Å². The Morgan fingerprint density at radius 3 is 3.06 bits per heavy atom. The van der Waals surface area contributed by atoms with Gasteiger partial charge < -0.3 is 0 Å². The minimum absolute atomic E-state index is 0.226. The fourth-order valence-electron chi connectivity index (χ4n) is 2.01. The van der Waals surface area contributed by atoms with Crippen molar-refractivity contribution in [3.63, 3.8) is 0 Å². The van der Waals surface area contributed by atoms with E-state index >= 15 is 0 Å². The van der Waals surface area contributed by atoms with Crippen LogP contribution in [0, 0.1) is 0 Å². The topological polar surface area (TPSA) is 55.3 Å². The maximum atomic E-state index is 5.63. The third-order valence-corrected chi connectivity index (χ3v) is 4.40. The van der Waals surface area contributed by atoms with Gasteiger partial charge in [0.05, 0.1) is 5.69 Å². The van der Waals surface area contributed by atoms with Crippen LogP contribution in [-0.4, -0.2) is 15.4 Å². The van der Waals surface area contributed by atoms with Crippen molar-refractivity contribution in [3.05, 3.63) is 45.9 Å². The molecule has 3 aromatic heterocycles. The van der Waals surface area contributed by atoms with Gasteiger partial charge in [-0.1, -0.05) is 0 Å². The van der Waals surface area contributed by atoms with Gasteiger partial charge in [0.2, 0.25) is 0 Å². The molecule has 0 aliphatic carbocycles. The van der Waals surface area contributed by atoms with E-state index in [9.17, 15) is 0 Å². The number of thiazole rings is 1. The molecular weight excluding hydrogens is 264 g/mol. The summed E-state index contributed by atoms with van der Waals surface area (Å²) in [4.78, 5) is 5.62. The highest BCUT2D eigenvalue weighted by Crippen LogP contribution is 2.14. The van der Waals surface area contributed by atoms with Crippen LogP contribution in [0.5, 0.6) is 0 Å². The molecule has 94 valence electrons. The lowest BCUT2D eigenvalue weighted by atomic mass is 10.1. The normalized spacial score (nSPS) is 13.2. The Labute approximate surface area is 113 Å². The van der Waals surface area contributed by atoms with Crippen LogP contribution < -0.4 is 11.3 Å². The third kappa shape index (κ3) is 2.46. The lowest BCUT2D eigenvalue weighted by Gasteiger charge is -2.13. The second-order valence-corrected chi connectivity index (χ2v) is 5.88. The highest BCUT2D eigenvalue weighted by molar-refractivity contribution is 7.15. The predicted molar refractivity (Wildman–Crippen MR) is 75.9 cm³/mol. The first-order chi connectivity index (χ1) is 8.85. The number of nitrogens with zero attached hydrogens (tertiary/aromatic N) is 2. The molecule has 4 nitrogen and oxygen atoms in total. The number of nitrogens with two attached hydrogens (primary N) is 1. The number of hydrogen-bond donors (Lipinski definition) is 2. The Bertz CT molecular complexity index is 582. The summed E-state index contributed by atoms with van der Waals surface area (Å²) in [7, 11) is 0. The number of imidazole rings is 1. The molecule has 6 heteroatoms. The van der Waals surface area contributed by atoms with Gasteiger partial charge in [0.1, 0.15) is 0 Å². The van der Waals surface area contributed by atoms with E-state index < -0.39 is 0 Å². The van der Waals surface area contributed by atoms with Crippen molar-refractivity contribution in [2.75, 3.05) is 0 Å². The molecule has 0 saturated heterocycles. The molecule has 1 atom stereocenters. The summed E-state index contributed by atoms with van der Waals surface area (Å²) in [6, 6.07) is 2.37. The predicted octanol–water partition coefficient (Wildman–Crippen LogP) is 2.07. The molecule has 1 unspecified atom stereocenters. The molecule has 0 aromatic carbocycles. The van der Waals surface area contributed by atoms with Crippen LogP contribution in [0.25, 0.3) is 4.96 Å². The molecule has 0 bridgehead atoms. The van der Waals surface area contributed by atoms with E-state index in [-0.39, 0.29) is 6.04 Å². The van der Waals surface area contributed by atoms with E-state index in [0.29, 0.717) is 0 Å². The minimum Gasteiger partial charge on any atom is -0.297 e. The molecule has 3 heterocycles. The summed E-state index contributed by atoms with van der Waals surface area (Å²) in [5.41, 5.74) is 5.29. The van der Waals surface area contributed by atoms with Gasteiger partial charge in [-0.2, -0.15) is 11.3 Å². The van der Waals surface area contributed by atoms with Crippen molar-refractivity contribution in [1.82, 2.24) is 14.8 Å². The van der Waals surface area contributed by atoms with Crippen LogP contribution in [0.15, 0.2) is 34.6 Å². The molecule has 0 amide bonds. The SMILES string of the molecule is NNC(Cc1ccsc1)Cc1cn2ccsc2n1. The van der Waals surface area contributed by atoms with Crippen molar-refractivity contribution in [3.8, 4) is 0 Å². The molecule has 0 aliphatic heterocycles. The Morgan fingerprint density at radius 2 is 2.33 bits per heavy atom. The van der Waals surface area contributed by atoms with E-state index in [4.69, 9.17) is 5.84 Å². The Balaban J connectivity index is 1.71. The van der Waals surface area contributed by atoms with Crippen LogP contribution in [0.3, 0.4) is 0 Å². The van der Waals surface area contributed by atoms with Crippen molar-refractivity contribution >= 4 is 27.6 Å². The number of nitrogens with one attached hydrogen (secondary N) is 1. The molecule has 3 aromatic rings. The van der Waals surface area contributed by atoms with Crippen LogP contribution in [0.4, 0.5) is 0 Å². The zero-order chi connectivity index (χ0) is 12.4. The van der Waals surface area contributed by atoms with Crippen LogP contribution in [-0.2, 0) is 12.8 Å². The standard InChI is InChI=1S/C12H14N4S2/c13-15-10(5-9-1-3-17-8-9)6-11-7-16-2-4-18-12(16)14-11/h1-4,7-8,10,15H,5-6,13H2. The van der Waals surface area contributed by atoms with Crippen molar-refractivity contribution in [2.45, 2.75) is 18.9 Å².